The van der Waals surface area contributed by atoms with Crippen LogP contribution in [0.5, 0.6) is 11.5 Å². The first-order valence-electron chi connectivity index (χ1n) is 7.73. The van der Waals surface area contributed by atoms with Crippen molar-refractivity contribution in [2.75, 3.05) is 25.1 Å². The first-order valence-corrected chi connectivity index (χ1v) is 8.49. The highest BCUT2D eigenvalue weighted by atomic mass is 35.5. The number of hydrogen-bond acceptors (Lipinski definition) is 3. The van der Waals surface area contributed by atoms with Crippen molar-refractivity contribution in [1.29, 1.82) is 0 Å². The Morgan fingerprint density at radius 3 is 2.43 bits per heavy atom. The van der Waals surface area contributed by atoms with Crippen LogP contribution in [0.1, 0.15) is 19.8 Å². The van der Waals surface area contributed by atoms with Crippen molar-refractivity contribution in [3.8, 4) is 11.5 Å². The molecule has 3 nitrogen and oxygen atoms in total. The molecule has 0 bridgehead atoms. The molecule has 0 atom stereocenters. The third-order valence-corrected chi connectivity index (χ3v) is 3.75. The minimum absolute atomic E-state index is 0.546. The maximum Gasteiger partial charge on any atom is 0.137 e. The molecular formula is C18H21Cl2NO2. The summed E-state index contributed by atoms with van der Waals surface area (Å²) < 4.78 is 11.1. The summed E-state index contributed by atoms with van der Waals surface area (Å²) in [6, 6.07) is 13.2. The zero-order chi connectivity index (χ0) is 16.5. The van der Waals surface area contributed by atoms with E-state index in [9.17, 15) is 0 Å². The van der Waals surface area contributed by atoms with Gasteiger partial charge in [0.15, 0.2) is 0 Å². The Kier molecular flexibility index (Phi) is 7.37. The maximum atomic E-state index is 6.05. The summed E-state index contributed by atoms with van der Waals surface area (Å²) in [6.45, 7) is 4.19. The molecule has 2 aromatic rings. The number of unbranched alkanes of at least 4 members (excludes halogenated alkanes) is 1. The summed E-state index contributed by atoms with van der Waals surface area (Å²) in [7, 11) is 0. The molecule has 0 spiro atoms. The molecule has 0 fully saturated rings. The standard InChI is InChI=1S/C18H21Cl2NO2/c1-2-22-16-8-6-15(7-9-16)21-11-3-4-12-23-18-10-5-14(19)13-17(18)20/h5-10,13,21H,2-4,11-12H2,1H3. The zero-order valence-corrected chi connectivity index (χ0v) is 14.7. The van der Waals surface area contributed by atoms with Gasteiger partial charge in [0.2, 0.25) is 0 Å². The number of nitrogens with one attached hydrogen (secondary N) is 1. The number of anilines is 1. The van der Waals surface area contributed by atoms with Crippen molar-refractivity contribution >= 4 is 28.9 Å². The summed E-state index contributed by atoms with van der Waals surface area (Å²) in [5.74, 6) is 1.57. The average Bonchev–Trinajstić information content (AvgIpc) is 2.54. The molecule has 124 valence electrons. The molecule has 1 N–H and O–H groups in total. The Morgan fingerprint density at radius 2 is 1.74 bits per heavy atom. The quantitative estimate of drug-likeness (QED) is 0.589. The van der Waals surface area contributed by atoms with Gasteiger partial charge in [-0.25, -0.2) is 0 Å². The first-order chi connectivity index (χ1) is 11.2. The molecule has 0 aliphatic carbocycles. The van der Waals surface area contributed by atoms with Gasteiger partial charge in [-0.2, -0.15) is 0 Å². The lowest BCUT2D eigenvalue weighted by Crippen LogP contribution is -2.05. The molecule has 5 heteroatoms. The van der Waals surface area contributed by atoms with Gasteiger partial charge >= 0.3 is 0 Å². The average molecular weight is 354 g/mol. The van der Waals surface area contributed by atoms with Crippen LogP contribution in [-0.2, 0) is 0 Å². The van der Waals surface area contributed by atoms with Crippen LogP contribution in [0.15, 0.2) is 42.5 Å². The van der Waals surface area contributed by atoms with E-state index in [1.165, 1.54) is 0 Å². The van der Waals surface area contributed by atoms with E-state index < -0.39 is 0 Å². The van der Waals surface area contributed by atoms with E-state index in [-0.39, 0.29) is 0 Å². The SMILES string of the molecule is CCOc1ccc(NCCCCOc2ccc(Cl)cc2Cl)cc1. The van der Waals surface area contributed by atoms with Crippen LogP contribution in [0.4, 0.5) is 5.69 Å². The van der Waals surface area contributed by atoms with Crippen LogP contribution in [-0.4, -0.2) is 19.8 Å². The highest BCUT2D eigenvalue weighted by molar-refractivity contribution is 6.35. The van der Waals surface area contributed by atoms with Gasteiger partial charge in [-0.1, -0.05) is 23.2 Å². The largest absolute Gasteiger partial charge is 0.494 e. The molecule has 0 aliphatic heterocycles. The van der Waals surface area contributed by atoms with Crippen LogP contribution in [0.2, 0.25) is 10.0 Å². The molecule has 2 rings (SSSR count). The molecule has 0 aromatic heterocycles. The van der Waals surface area contributed by atoms with Crippen molar-refractivity contribution in [1.82, 2.24) is 0 Å². The van der Waals surface area contributed by atoms with Crippen LogP contribution in [0.25, 0.3) is 0 Å². The Bertz CT molecular complexity index is 602. The molecule has 23 heavy (non-hydrogen) atoms. The Labute approximate surface area is 147 Å². The van der Waals surface area contributed by atoms with E-state index in [1.54, 1.807) is 18.2 Å². The summed E-state index contributed by atoms with van der Waals surface area (Å²) >= 11 is 11.9. The van der Waals surface area contributed by atoms with Crippen molar-refractivity contribution in [2.24, 2.45) is 0 Å². The van der Waals surface area contributed by atoms with E-state index in [1.807, 2.05) is 31.2 Å². The zero-order valence-electron chi connectivity index (χ0n) is 13.1. The van der Waals surface area contributed by atoms with Crippen molar-refractivity contribution in [3.63, 3.8) is 0 Å². The number of halogens is 2. The second-order valence-corrected chi connectivity index (χ2v) is 5.86. The van der Waals surface area contributed by atoms with E-state index in [2.05, 4.69) is 5.32 Å². The topological polar surface area (TPSA) is 30.5 Å². The van der Waals surface area contributed by atoms with Crippen LogP contribution >= 0.6 is 23.2 Å². The van der Waals surface area contributed by atoms with Gasteiger partial charge in [0.25, 0.3) is 0 Å². The van der Waals surface area contributed by atoms with Crippen LogP contribution in [0, 0.1) is 0 Å². The second kappa shape index (κ2) is 9.53. The Morgan fingerprint density at radius 1 is 0.957 bits per heavy atom. The lowest BCUT2D eigenvalue weighted by molar-refractivity contribution is 0.308. The Balaban J connectivity index is 1.62. The number of benzene rings is 2. The van der Waals surface area contributed by atoms with Gasteiger partial charge in [-0.3, -0.25) is 0 Å². The van der Waals surface area contributed by atoms with Crippen molar-refractivity contribution in [3.05, 3.63) is 52.5 Å². The van der Waals surface area contributed by atoms with E-state index in [0.717, 1.165) is 30.8 Å². The lowest BCUT2D eigenvalue weighted by atomic mass is 10.2. The second-order valence-electron chi connectivity index (χ2n) is 5.01. The highest BCUT2D eigenvalue weighted by Gasteiger charge is 2.02. The summed E-state index contributed by atoms with van der Waals surface area (Å²) in [5, 5.41) is 4.54. The monoisotopic (exact) mass is 353 g/mol. The summed E-state index contributed by atoms with van der Waals surface area (Å²) in [5.41, 5.74) is 1.09. The minimum atomic E-state index is 0.546. The van der Waals surface area contributed by atoms with Gasteiger partial charge < -0.3 is 14.8 Å². The molecule has 0 saturated carbocycles. The molecule has 2 aromatic carbocycles. The van der Waals surface area contributed by atoms with Crippen molar-refractivity contribution < 1.29 is 9.47 Å². The van der Waals surface area contributed by atoms with E-state index in [0.29, 0.717) is 29.0 Å². The Hall–Kier alpha value is -1.58. The summed E-state index contributed by atoms with van der Waals surface area (Å²) in [6.07, 6.45) is 1.96. The number of hydrogen-bond donors (Lipinski definition) is 1. The van der Waals surface area contributed by atoms with Gasteiger partial charge in [-0.15, -0.1) is 0 Å². The van der Waals surface area contributed by atoms with E-state index in [4.69, 9.17) is 32.7 Å². The molecule has 0 amide bonds. The highest BCUT2D eigenvalue weighted by Crippen LogP contribution is 2.27. The first kappa shape index (κ1) is 17.8. The fourth-order valence-corrected chi connectivity index (χ4v) is 2.53. The van der Waals surface area contributed by atoms with Gasteiger partial charge in [0.05, 0.1) is 18.2 Å². The van der Waals surface area contributed by atoms with Gasteiger partial charge in [0.1, 0.15) is 11.5 Å². The fourth-order valence-electron chi connectivity index (χ4n) is 2.07. The predicted octanol–water partition coefficient (Wildman–Crippen LogP) is 5.66. The molecule has 0 heterocycles. The third-order valence-electron chi connectivity index (χ3n) is 3.22. The summed E-state index contributed by atoms with van der Waals surface area (Å²) in [4.78, 5) is 0. The van der Waals surface area contributed by atoms with Crippen LogP contribution < -0.4 is 14.8 Å². The van der Waals surface area contributed by atoms with Crippen LogP contribution in [0.3, 0.4) is 0 Å². The van der Waals surface area contributed by atoms with Gasteiger partial charge in [0, 0.05) is 17.3 Å². The third kappa shape index (κ3) is 6.20. The maximum absolute atomic E-state index is 6.05. The van der Waals surface area contributed by atoms with Gasteiger partial charge in [-0.05, 0) is 62.2 Å². The normalized spacial score (nSPS) is 10.4. The number of rotatable bonds is 9. The molecular weight excluding hydrogens is 333 g/mol. The fraction of sp³-hybridized carbons (Fsp3) is 0.333. The molecule has 0 saturated heterocycles. The smallest absolute Gasteiger partial charge is 0.137 e. The predicted molar refractivity (Wildman–Crippen MR) is 97.3 cm³/mol. The lowest BCUT2D eigenvalue weighted by Gasteiger charge is -2.10. The molecule has 0 aliphatic rings. The van der Waals surface area contributed by atoms with E-state index >= 15 is 0 Å². The molecule has 0 unspecified atom stereocenters. The minimum Gasteiger partial charge on any atom is -0.494 e. The molecule has 0 radical (unpaired) electrons. The van der Waals surface area contributed by atoms with Crippen molar-refractivity contribution in [2.45, 2.75) is 19.8 Å². The number of ether oxygens (including phenoxy) is 2.